The minimum atomic E-state index is -1.47. The number of urea groups is 1. The lowest BCUT2D eigenvalue weighted by atomic mass is 9.66. The molecule has 0 aliphatic carbocycles. The lowest BCUT2D eigenvalue weighted by molar-refractivity contribution is -0.153. The van der Waals surface area contributed by atoms with E-state index >= 15 is 0 Å². The van der Waals surface area contributed by atoms with E-state index in [0.717, 1.165) is 29.9 Å². The number of carbonyl (C=O) groups is 3. The van der Waals surface area contributed by atoms with Crippen molar-refractivity contribution in [2.45, 2.75) is 51.2 Å². The summed E-state index contributed by atoms with van der Waals surface area (Å²) in [7, 11) is 0. The molecule has 5 rings (SSSR count). The van der Waals surface area contributed by atoms with Crippen LogP contribution in [0.2, 0.25) is 0 Å². The summed E-state index contributed by atoms with van der Waals surface area (Å²) < 4.78 is 6.03. The van der Waals surface area contributed by atoms with Crippen molar-refractivity contribution in [2.75, 3.05) is 29.4 Å². The molecule has 0 bridgehead atoms. The van der Waals surface area contributed by atoms with E-state index in [1.807, 2.05) is 32.0 Å². The van der Waals surface area contributed by atoms with Crippen LogP contribution < -0.4 is 26.2 Å². The van der Waals surface area contributed by atoms with Crippen LogP contribution in [0.3, 0.4) is 0 Å². The molecule has 0 aromatic heterocycles. The van der Waals surface area contributed by atoms with Gasteiger partial charge >= 0.3 is 6.03 Å². The fourth-order valence-corrected chi connectivity index (χ4v) is 5.93. The summed E-state index contributed by atoms with van der Waals surface area (Å²) in [5.74, 6) is -1.17. The number of anilines is 2. The molecular formula is C22H29N5O5. The Morgan fingerprint density at radius 2 is 1.91 bits per heavy atom. The van der Waals surface area contributed by atoms with Gasteiger partial charge in [-0.25, -0.2) is 4.79 Å². The quantitative estimate of drug-likeness (QED) is 0.361. The monoisotopic (exact) mass is 443 g/mol. The van der Waals surface area contributed by atoms with Crippen LogP contribution in [0.4, 0.5) is 16.2 Å². The minimum Gasteiger partial charge on any atom is -0.378 e. The van der Waals surface area contributed by atoms with Gasteiger partial charge in [0.1, 0.15) is 6.23 Å². The fraction of sp³-hybridized carbons (Fsp3) is 0.591. The van der Waals surface area contributed by atoms with E-state index < -0.39 is 35.5 Å². The van der Waals surface area contributed by atoms with Crippen LogP contribution in [-0.2, 0) is 20.7 Å². The highest BCUT2D eigenvalue weighted by molar-refractivity contribution is 6.20. The van der Waals surface area contributed by atoms with E-state index in [9.17, 15) is 19.5 Å². The van der Waals surface area contributed by atoms with Gasteiger partial charge in [0.25, 0.3) is 0 Å². The van der Waals surface area contributed by atoms with Crippen LogP contribution >= 0.6 is 0 Å². The molecule has 3 fully saturated rings. The molecule has 4 aliphatic rings. The Bertz CT molecular complexity index is 961. The number of hydrogen-bond acceptors (Lipinski definition) is 8. The number of carbonyl (C=O) groups excluding carboxylic acids is 3. The predicted octanol–water partition coefficient (Wildman–Crippen LogP) is -0.319. The maximum Gasteiger partial charge on any atom is 0.328 e. The van der Waals surface area contributed by atoms with Crippen molar-refractivity contribution in [1.82, 2.24) is 10.6 Å². The number of nitrogens with one attached hydrogen (secondary N) is 2. The Labute approximate surface area is 186 Å². The molecule has 0 saturated carbocycles. The number of fused-ring (bicyclic) bond motifs is 4. The number of aliphatic hydroxyl groups is 1. The van der Waals surface area contributed by atoms with Crippen molar-refractivity contribution in [2.24, 2.45) is 17.1 Å². The lowest BCUT2D eigenvalue weighted by Gasteiger charge is -2.55. The van der Waals surface area contributed by atoms with Gasteiger partial charge in [-0.15, -0.1) is 0 Å². The number of ether oxygens (including phenoxy) is 1. The molecule has 4 aliphatic heterocycles. The number of nitrogens with two attached hydrogens (primary N) is 1. The number of rotatable bonds is 2. The molecule has 1 spiro atoms. The second-order valence-electron chi connectivity index (χ2n) is 9.43. The third kappa shape index (κ3) is 3.08. The average Bonchev–Trinajstić information content (AvgIpc) is 3.21. The first-order valence-corrected chi connectivity index (χ1v) is 11.1. The van der Waals surface area contributed by atoms with Gasteiger partial charge < -0.3 is 25.4 Å². The number of aliphatic hydroxyl groups excluding tert-OH is 1. The highest BCUT2D eigenvalue weighted by Crippen LogP contribution is 2.47. The molecule has 5 atom stereocenters. The third-order valence-corrected chi connectivity index (χ3v) is 7.37. The largest absolute Gasteiger partial charge is 0.378 e. The Hall–Kier alpha value is -2.69. The SMILES string of the molecule is C[C@@H]1CN2c3ccc(N4CCC([C@H](N)O)C4)cc3CC3(C(=O)NC(=O)NC3=O)[C@H]2[C@H](C)O1. The number of morpholine rings is 1. The average molecular weight is 444 g/mol. The number of hydrogen-bond donors (Lipinski definition) is 4. The molecule has 3 saturated heterocycles. The molecular weight excluding hydrogens is 414 g/mol. The van der Waals surface area contributed by atoms with Crippen LogP contribution in [0.25, 0.3) is 0 Å². The van der Waals surface area contributed by atoms with Crippen molar-refractivity contribution in [3.8, 4) is 0 Å². The first kappa shape index (κ1) is 21.2. The van der Waals surface area contributed by atoms with Gasteiger partial charge in [0.05, 0.1) is 18.2 Å². The predicted molar refractivity (Wildman–Crippen MR) is 116 cm³/mol. The first-order chi connectivity index (χ1) is 15.2. The Balaban J connectivity index is 1.57. The van der Waals surface area contributed by atoms with Gasteiger partial charge in [0.2, 0.25) is 11.8 Å². The minimum absolute atomic E-state index is 0.00334. The maximum atomic E-state index is 13.2. The third-order valence-electron chi connectivity index (χ3n) is 7.37. The maximum absolute atomic E-state index is 13.2. The second-order valence-corrected chi connectivity index (χ2v) is 9.43. The molecule has 1 unspecified atom stereocenters. The Morgan fingerprint density at radius 3 is 2.56 bits per heavy atom. The lowest BCUT2D eigenvalue weighted by Crippen LogP contribution is -2.75. The zero-order valence-electron chi connectivity index (χ0n) is 18.2. The number of amides is 4. The molecule has 4 heterocycles. The Morgan fingerprint density at radius 1 is 1.19 bits per heavy atom. The summed E-state index contributed by atoms with van der Waals surface area (Å²) >= 11 is 0. The highest BCUT2D eigenvalue weighted by atomic mass is 16.5. The van der Waals surface area contributed by atoms with Crippen LogP contribution in [0.15, 0.2) is 18.2 Å². The smallest absolute Gasteiger partial charge is 0.328 e. The topological polar surface area (TPSA) is 137 Å². The summed E-state index contributed by atoms with van der Waals surface area (Å²) in [5, 5.41) is 14.4. The Kier molecular flexibility index (Phi) is 4.92. The highest BCUT2D eigenvalue weighted by Gasteiger charge is 2.62. The van der Waals surface area contributed by atoms with Crippen molar-refractivity contribution in [3.05, 3.63) is 23.8 Å². The molecule has 32 heavy (non-hydrogen) atoms. The standard InChI is InChI=1S/C22H29N5O5/c1-11-9-27-16-4-3-15(26-6-5-13(10-26)18(23)28)7-14(16)8-22(17(27)12(2)32-11)19(29)24-21(31)25-20(22)30/h3-4,7,11-13,17-18,28H,5-6,8-10,23H2,1-2H3,(H2,24,25,29,30,31)/t11-,12+,13?,17-,18-/m1/s1. The molecule has 0 radical (unpaired) electrons. The van der Waals surface area contributed by atoms with Gasteiger partial charge in [-0.1, -0.05) is 0 Å². The number of imide groups is 2. The normalized spacial score (nSPS) is 32.3. The zero-order chi connectivity index (χ0) is 22.8. The van der Waals surface area contributed by atoms with E-state index in [1.54, 1.807) is 0 Å². The van der Waals surface area contributed by atoms with Crippen molar-refractivity contribution >= 4 is 29.2 Å². The molecule has 10 heteroatoms. The van der Waals surface area contributed by atoms with Crippen LogP contribution in [0, 0.1) is 11.3 Å². The fourth-order valence-electron chi connectivity index (χ4n) is 5.93. The summed E-state index contributed by atoms with van der Waals surface area (Å²) in [4.78, 5) is 42.5. The molecule has 5 N–H and O–H groups in total. The summed E-state index contributed by atoms with van der Waals surface area (Å²) in [6.45, 7) is 5.78. The van der Waals surface area contributed by atoms with E-state index in [4.69, 9.17) is 10.5 Å². The first-order valence-electron chi connectivity index (χ1n) is 11.1. The molecule has 1 aromatic rings. The van der Waals surface area contributed by atoms with E-state index in [2.05, 4.69) is 20.4 Å². The van der Waals surface area contributed by atoms with Gasteiger partial charge in [-0.05, 0) is 50.5 Å². The van der Waals surface area contributed by atoms with Gasteiger partial charge in [-0.2, -0.15) is 0 Å². The van der Waals surface area contributed by atoms with Gasteiger partial charge in [0, 0.05) is 36.9 Å². The number of nitrogens with zero attached hydrogens (tertiary/aromatic N) is 2. The summed E-state index contributed by atoms with van der Waals surface area (Å²) in [6, 6.07) is 4.76. The van der Waals surface area contributed by atoms with Crippen molar-refractivity contribution < 1.29 is 24.2 Å². The zero-order valence-corrected chi connectivity index (χ0v) is 18.2. The number of benzene rings is 1. The van der Waals surface area contributed by atoms with E-state index in [0.29, 0.717) is 13.1 Å². The van der Waals surface area contributed by atoms with Crippen molar-refractivity contribution in [1.29, 1.82) is 0 Å². The van der Waals surface area contributed by atoms with Crippen LogP contribution in [0.5, 0.6) is 0 Å². The molecule has 172 valence electrons. The van der Waals surface area contributed by atoms with E-state index in [1.165, 1.54) is 0 Å². The van der Waals surface area contributed by atoms with Crippen LogP contribution in [0.1, 0.15) is 25.8 Å². The molecule has 10 nitrogen and oxygen atoms in total. The second kappa shape index (κ2) is 7.43. The van der Waals surface area contributed by atoms with Crippen molar-refractivity contribution in [3.63, 3.8) is 0 Å². The van der Waals surface area contributed by atoms with E-state index in [-0.39, 0.29) is 24.5 Å². The van der Waals surface area contributed by atoms with Gasteiger partial charge in [0.15, 0.2) is 5.41 Å². The van der Waals surface area contributed by atoms with Gasteiger partial charge in [-0.3, -0.25) is 20.2 Å². The summed E-state index contributed by atoms with van der Waals surface area (Å²) in [5.41, 5.74) is 7.01. The van der Waals surface area contributed by atoms with Crippen LogP contribution in [-0.4, -0.2) is 67.1 Å². The molecule has 4 amide bonds. The number of barbiturate groups is 1. The summed E-state index contributed by atoms with van der Waals surface area (Å²) in [6.07, 6.45) is -0.356. The molecule has 1 aromatic carbocycles.